The molecule has 6 aromatic carbocycles. The molecule has 2 fully saturated rings. The second kappa shape index (κ2) is 28.3. The number of imidazole rings is 3. The minimum Gasteiger partial charge on any atom is -0.481 e. The van der Waals surface area contributed by atoms with Crippen LogP contribution in [0.15, 0.2) is 167 Å². The number of amides is 2. The SMILES string of the molecule is CN1CCN(c2ccc(C(=O)Nc3nc4ccc(-c5cc(=O)[nH]c(Nc6ccccc6)n5)cc4[nH]3)cc2)CC1.COc1cc(-c2ccc3nc(N)[nH]c3c2)nc(S(C)(=O)=O)n1.COc1cc(-c2ccc3nc(NC(=O)c4ccc(N5CCN(C)CC5)cc4)[nH]c3c2)nc(S(C)(=O)=O)n1. The van der Waals surface area contributed by atoms with Gasteiger partial charge in [0.2, 0.25) is 49.3 Å². The van der Waals surface area contributed by atoms with Gasteiger partial charge in [0.25, 0.3) is 27.7 Å². The molecule has 0 bridgehead atoms. The van der Waals surface area contributed by atoms with Gasteiger partial charge in [0.15, 0.2) is 5.95 Å². The first-order valence-corrected chi connectivity index (χ1v) is 34.5. The predicted molar refractivity (Wildman–Crippen MR) is 376 cm³/mol. The van der Waals surface area contributed by atoms with E-state index >= 15 is 0 Å². The van der Waals surface area contributed by atoms with Gasteiger partial charge in [0.05, 0.1) is 64.4 Å². The number of ether oxygens (including phenoxy) is 2. The summed E-state index contributed by atoms with van der Waals surface area (Å²) in [6.45, 7) is 7.94. The molecule has 6 aromatic heterocycles. The third-order valence-electron chi connectivity index (χ3n) is 16.0. The summed E-state index contributed by atoms with van der Waals surface area (Å²) in [5.74, 6) is 1.10. The summed E-state index contributed by atoms with van der Waals surface area (Å²) in [6.07, 6.45) is 2.09. The average molecular weight is 1360 g/mol. The van der Waals surface area contributed by atoms with Gasteiger partial charge in [0.1, 0.15) is 0 Å². The van der Waals surface area contributed by atoms with Gasteiger partial charge in [-0.1, -0.05) is 36.4 Å². The van der Waals surface area contributed by atoms with Crippen LogP contribution in [0.1, 0.15) is 20.7 Å². The van der Waals surface area contributed by atoms with Crippen LogP contribution in [0.25, 0.3) is 66.9 Å². The molecule has 0 aliphatic carbocycles. The Labute approximate surface area is 561 Å². The lowest BCUT2D eigenvalue weighted by molar-refractivity contribution is 0.101. The Kier molecular flexibility index (Phi) is 19.2. The molecule has 0 atom stereocenters. The number of nitrogens with zero attached hydrogens (tertiary/aromatic N) is 12. The lowest BCUT2D eigenvalue weighted by atomic mass is 10.1. The van der Waals surface area contributed by atoms with Gasteiger partial charge in [-0.25, -0.2) is 46.7 Å². The largest absolute Gasteiger partial charge is 0.481 e. The Bertz CT molecular complexity index is 5210. The minimum atomic E-state index is -3.63. The molecule has 12 aromatic rings. The van der Waals surface area contributed by atoms with Crippen LogP contribution in [-0.4, -0.2) is 191 Å². The lowest BCUT2D eigenvalue weighted by Crippen LogP contribution is -2.44. The molecule has 0 saturated carbocycles. The topological polar surface area (TPSA) is 379 Å². The number of hydrogen-bond acceptors (Lipinski definition) is 23. The number of carbonyl (C=O) groups excluding carboxylic acids is 2. The molecule has 98 heavy (non-hydrogen) atoms. The van der Waals surface area contributed by atoms with Crippen molar-refractivity contribution in [3.05, 3.63) is 173 Å². The number of rotatable bonds is 15. The summed E-state index contributed by atoms with van der Waals surface area (Å²) in [5, 5.41) is 8.17. The van der Waals surface area contributed by atoms with Crippen molar-refractivity contribution in [2.75, 3.05) is 125 Å². The van der Waals surface area contributed by atoms with E-state index in [2.05, 4.69) is 109 Å². The third-order valence-corrected chi connectivity index (χ3v) is 17.7. The Balaban J connectivity index is 0.000000145. The highest BCUT2D eigenvalue weighted by atomic mass is 32.2. The third kappa shape index (κ3) is 16.0. The predicted octanol–water partition coefficient (Wildman–Crippen LogP) is 7.51. The van der Waals surface area contributed by atoms with E-state index in [0.717, 1.165) is 93.0 Å². The van der Waals surface area contributed by atoms with E-state index in [9.17, 15) is 31.2 Å². The Morgan fingerprint density at radius 3 is 1.29 bits per heavy atom. The number of para-hydroxylation sites is 1. The summed E-state index contributed by atoms with van der Waals surface area (Å²) in [7, 11) is -0.110. The maximum absolute atomic E-state index is 12.9. The number of anilines is 7. The van der Waals surface area contributed by atoms with Crippen LogP contribution in [0, 0.1) is 0 Å². The summed E-state index contributed by atoms with van der Waals surface area (Å²) in [6, 6.07) is 45.4. The average Bonchev–Trinajstić information content (AvgIpc) is 1.51. The number of nitrogens with one attached hydrogen (secondary N) is 7. The van der Waals surface area contributed by atoms with Crippen LogP contribution in [0.2, 0.25) is 0 Å². The van der Waals surface area contributed by atoms with Gasteiger partial charge in [-0.2, -0.15) is 9.97 Å². The van der Waals surface area contributed by atoms with Gasteiger partial charge in [-0.3, -0.25) is 30.0 Å². The number of fused-ring (bicyclic) bond motifs is 3. The zero-order chi connectivity index (χ0) is 68.8. The first-order valence-electron chi connectivity index (χ1n) is 30.7. The molecule has 31 heteroatoms. The van der Waals surface area contributed by atoms with E-state index in [1.54, 1.807) is 48.5 Å². The Hall–Kier alpha value is -11.7. The van der Waals surface area contributed by atoms with Crippen molar-refractivity contribution >= 4 is 105 Å². The number of H-pyrrole nitrogens is 4. The molecular weight excluding hydrogens is 1290 g/mol. The van der Waals surface area contributed by atoms with Gasteiger partial charge in [-0.15, -0.1) is 0 Å². The van der Waals surface area contributed by atoms with E-state index in [-0.39, 0.29) is 39.4 Å². The Morgan fingerprint density at radius 2 is 0.867 bits per heavy atom. The van der Waals surface area contributed by atoms with Gasteiger partial charge in [-0.05, 0) is 111 Å². The highest BCUT2D eigenvalue weighted by molar-refractivity contribution is 7.90. The van der Waals surface area contributed by atoms with E-state index in [0.29, 0.717) is 90.7 Å². The van der Waals surface area contributed by atoms with Crippen molar-refractivity contribution in [2.24, 2.45) is 0 Å². The number of sulfone groups is 2. The van der Waals surface area contributed by atoms with Gasteiger partial charge >= 0.3 is 0 Å². The highest BCUT2D eigenvalue weighted by Gasteiger charge is 2.22. The van der Waals surface area contributed by atoms with Gasteiger partial charge < -0.3 is 55.1 Å². The molecule has 0 unspecified atom stereocenters. The molecule has 2 aliphatic heterocycles. The zero-order valence-corrected chi connectivity index (χ0v) is 55.7. The second-order valence-electron chi connectivity index (χ2n) is 23.2. The van der Waals surface area contributed by atoms with Crippen molar-refractivity contribution in [1.82, 2.24) is 69.6 Å². The number of carbonyl (C=O) groups is 2. The molecule has 502 valence electrons. The number of methoxy groups -OCH3 is 2. The molecule has 0 spiro atoms. The molecule has 0 radical (unpaired) electrons. The first kappa shape index (κ1) is 66.4. The second-order valence-corrected chi connectivity index (χ2v) is 27.1. The maximum Gasteiger partial charge on any atom is 0.257 e. The summed E-state index contributed by atoms with van der Waals surface area (Å²) >= 11 is 0. The standard InChI is InChI=1S/C29H28N8O2.C25H27N7O4S.C13H13N5O3S/c1-36-13-15-37(16-14-36)22-10-7-19(8-11-22)27(39)35-29-31-23-12-9-20(17-25(23)33-29)24-18-26(38)34-28(32-24)30-21-5-3-2-4-6-21;1-31-10-12-32(13-11-31)18-7-4-16(5-8-18)23(33)30-24-26-19-9-6-17(14-21(19)27-24)20-15-22(36-2)29-25(28-20)37(3,34)35;1-21-11-6-9(17-13(18-11)22(2,19)20)7-3-4-8-10(5-7)16-12(14)15-8/h2-12,17-18H,13-16H2,1H3,(H2,30,32,34,38)(H2,31,33,35,39);4-9,14-15H,10-13H2,1-3H3,(H2,26,27,30,33);3-6H,1-2H3,(H3,14,15,16). The molecule has 2 saturated heterocycles. The van der Waals surface area contributed by atoms with E-state index < -0.39 is 19.7 Å². The molecule has 14 rings (SSSR count). The smallest absolute Gasteiger partial charge is 0.257 e. The number of nitrogens with two attached hydrogens (primary N) is 1. The van der Waals surface area contributed by atoms with E-state index in [1.165, 1.54) is 20.3 Å². The summed E-state index contributed by atoms with van der Waals surface area (Å²) in [5.41, 5.74) is 17.0. The number of aromatic nitrogens is 12. The first-order chi connectivity index (χ1) is 47.0. The quantitative estimate of drug-likeness (QED) is 0.0460. The fourth-order valence-corrected chi connectivity index (χ4v) is 11.8. The Morgan fingerprint density at radius 1 is 0.459 bits per heavy atom. The maximum atomic E-state index is 12.9. The summed E-state index contributed by atoms with van der Waals surface area (Å²) in [4.78, 5) is 92.8. The molecule has 8 heterocycles. The van der Waals surface area contributed by atoms with Crippen LogP contribution in [-0.2, 0) is 19.7 Å². The van der Waals surface area contributed by atoms with Crippen LogP contribution >= 0.6 is 0 Å². The van der Waals surface area contributed by atoms with Crippen molar-refractivity contribution in [2.45, 2.75) is 10.3 Å². The molecule has 9 N–H and O–H groups in total. The van der Waals surface area contributed by atoms with Crippen molar-refractivity contribution < 1.29 is 35.9 Å². The highest BCUT2D eigenvalue weighted by Crippen LogP contribution is 2.30. The fraction of sp³-hybridized carbons (Fsp3) is 0.209. The van der Waals surface area contributed by atoms with Crippen LogP contribution in [0.4, 0.5) is 40.9 Å². The normalized spacial score (nSPS) is 13.7. The van der Waals surface area contributed by atoms with E-state index in [1.807, 2.05) is 97.1 Å². The van der Waals surface area contributed by atoms with E-state index in [4.69, 9.17) is 15.2 Å². The van der Waals surface area contributed by atoms with Crippen molar-refractivity contribution in [1.29, 1.82) is 0 Å². The monoisotopic (exact) mass is 1360 g/mol. The molecule has 2 amide bonds. The molecule has 2 aliphatic rings. The molecular formula is C67H68N20O9S2. The summed E-state index contributed by atoms with van der Waals surface area (Å²) < 4.78 is 57.5. The molecule has 29 nitrogen and oxygen atoms in total. The number of hydrogen-bond donors (Lipinski definition) is 8. The van der Waals surface area contributed by atoms with Crippen LogP contribution in [0.5, 0.6) is 11.8 Å². The minimum absolute atomic E-state index is 0.140. The number of nitrogen functional groups attached to an aromatic ring is 1. The number of aromatic amines is 4. The fourth-order valence-electron chi connectivity index (χ4n) is 10.7. The number of likely N-dealkylation sites (N-methyl/N-ethyl adjacent to an activating group) is 2. The van der Waals surface area contributed by atoms with Crippen molar-refractivity contribution in [3.63, 3.8) is 0 Å². The van der Waals surface area contributed by atoms with Crippen molar-refractivity contribution in [3.8, 4) is 45.5 Å². The van der Waals surface area contributed by atoms with Gasteiger partial charge in [0, 0.05) is 128 Å². The number of piperazine rings is 2. The lowest BCUT2D eigenvalue weighted by Gasteiger charge is -2.34. The zero-order valence-electron chi connectivity index (χ0n) is 54.0. The van der Waals surface area contributed by atoms with Crippen LogP contribution in [0.3, 0.4) is 0 Å². The van der Waals surface area contributed by atoms with Crippen LogP contribution < -0.4 is 46.5 Å². The number of benzene rings is 6.